The van der Waals surface area contributed by atoms with Crippen molar-refractivity contribution < 1.29 is 19.1 Å². The van der Waals surface area contributed by atoms with Gasteiger partial charge < -0.3 is 15.3 Å². The van der Waals surface area contributed by atoms with Crippen LogP contribution in [0, 0.1) is 5.82 Å². The molecule has 21 heavy (non-hydrogen) atoms. The van der Waals surface area contributed by atoms with E-state index in [0.717, 1.165) is 23.9 Å². The van der Waals surface area contributed by atoms with E-state index in [-0.39, 0.29) is 17.8 Å². The maximum atomic E-state index is 13.2. The van der Waals surface area contributed by atoms with Gasteiger partial charge in [-0.2, -0.15) is 0 Å². The standard InChI is InChI=1S/C13H12FN3O3S/c1-17(5-9-6-21-7-15-9)13(20)16-11-4-8(14)2-3-10(11)12(18)19/h2-4,6-7H,5H2,1H3,(H,16,20)(H,18,19). The number of amides is 2. The fourth-order valence-corrected chi connectivity index (χ4v) is 2.20. The summed E-state index contributed by atoms with van der Waals surface area (Å²) in [7, 11) is 1.54. The predicted molar refractivity (Wildman–Crippen MR) is 76.0 cm³/mol. The van der Waals surface area contributed by atoms with Gasteiger partial charge in [0, 0.05) is 12.4 Å². The van der Waals surface area contributed by atoms with Gasteiger partial charge in [0.1, 0.15) is 5.82 Å². The van der Waals surface area contributed by atoms with E-state index < -0.39 is 17.8 Å². The number of aromatic nitrogens is 1. The number of carbonyl (C=O) groups is 2. The van der Waals surface area contributed by atoms with Gasteiger partial charge in [-0.05, 0) is 18.2 Å². The zero-order valence-electron chi connectivity index (χ0n) is 11.0. The summed E-state index contributed by atoms with van der Waals surface area (Å²) in [6.07, 6.45) is 0. The van der Waals surface area contributed by atoms with E-state index in [9.17, 15) is 14.0 Å². The van der Waals surface area contributed by atoms with Crippen molar-refractivity contribution in [3.63, 3.8) is 0 Å². The molecule has 6 nitrogen and oxygen atoms in total. The first kappa shape index (κ1) is 14.9. The van der Waals surface area contributed by atoms with Gasteiger partial charge in [-0.25, -0.2) is 19.0 Å². The lowest BCUT2D eigenvalue weighted by Crippen LogP contribution is -2.31. The highest BCUT2D eigenvalue weighted by molar-refractivity contribution is 7.07. The van der Waals surface area contributed by atoms with Crippen LogP contribution in [-0.4, -0.2) is 34.0 Å². The van der Waals surface area contributed by atoms with Crippen LogP contribution in [0.5, 0.6) is 0 Å². The Bertz CT molecular complexity index is 661. The lowest BCUT2D eigenvalue weighted by Gasteiger charge is -2.17. The quantitative estimate of drug-likeness (QED) is 0.909. The van der Waals surface area contributed by atoms with Crippen molar-refractivity contribution >= 4 is 29.0 Å². The second kappa shape index (κ2) is 6.31. The summed E-state index contributed by atoms with van der Waals surface area (Å²) in [5.41, 5.74) is 2.11. The molecule has 1 aromatic carbocycles. The average Bonchev–Trinajstić information content (AvgIpc) is 2.91. The zero-order chi connectivity index (χ0) is 15.4. The normalized spacial score (nSPS) is 10.2. The summed E-state index contributed by atoms with van der Waals surface area (Å²) in [5, 5.41) is 13.2. The Hall–Kier alpha value is -2.48. The Morgan fingerprint density at radius 1 is 1.48 bits per heavy atom. The molecule has 0 radical (unpaired) electrons. The van der Waals surface area contributed by atoms with Gasteiger partial charge in [0.05, 0.1) is 29.0 Å². The maximum absolute atomic E-state index is 13.2. The number of hydrogen-bond donors (Lipinski definition) is 2. The first-order valence-electron chi connectivity index (χ1n) is 5.89. The van der Waals surface area contributed by atoms with Crippen molar-refractivity contribution in [1.29, 1.82) is 0 Å². The van der Waals surface area contributed by atoms with Crippen molar-refractivity contribution in [1.82, 2.24) is 9.88 Å². The average molecular weight is 309 g/mol. The lowest BCUT2D eigenvalue weighted by molar-refractivity contribution is 0.0698. The molecule has 0 saturated carbocycles. The van der Waals surface area contributed by atoms with Crippen molar-refractivity contribution in [3.8, 4) is 0 Å². The topological polar surface area (TPSA) is 82.5 Å². The number of rotatable bonds is 4. The van der Waals surface area contributed by atoms with Crippen molar-refractivity contribution in [3.05, 3.63) is 46.2 Å². The number of carboxylic acids is 1. The van der Waals surface area contributed by atoms with Crippen molar-refractivity contribution in [2.75, 3.05) is 12.4 Å². The fraction of sp³-hybridized carbons (Fsp3) is 0.154. The van der Waals surface area contributed by atoms with Gasteiger partial charge >= 0.3 is 12.0 Å². The van der Waals surface area contributed by atoms with Crippen LogP contribution in [0.25, 0.3) is 0 Å². The minimum absolute atomic E-state index is 0.0855. The SMILES string of the molecule is CN(Cc1cscn1)C(=O)Nc1cc(F)ccc1C(=O)O. The van der Waals surface area contributed by atoms with Gasteiger partial charge in [-0.1, -0.05) is 0 Å². The van der Waals surface area contributed by atoms with Gasteiger partial charge in [-0.3, -0.25) is 0 Å². The van der Waals surface area contributed by atoms with E-state index in [1.165, 1.54) is 23.3 Å². The molecule has 0 atom stereocenters. The Labute approximate surface area is 123 Å². The van der Waals surface area contributed by atoms with Gasteiger partial charge in [0.2, 0.25) is 0 Å². The summed E-state index contributed by atoms with van der Waals surface area (Å²) < 4.78 is 13.2. The third kappa shape index (κ3) is 3.76. The van der Waals surface area contributed by atoms with Crippen LogP contribution in [0.4, 0.5) is 14.9 Å². The van der Waals surface area contributed by atoms with Crippen LogP contribution in [0.15, 0.2) is 29.1 Å². The highest BCUT2D eigenvalue weighted by Crippen LogP contribution is 2.18. The number of urea groups is 1. The molecule has 2 N–H and O–H groups in total. The molecular weight excluding hydrogens is 297 g/mol. The maximum Gasteiger partial charge on any atom is 0.337 e. The first-order chi connectivity index (χ1) is 9.97. The third-order valence-corrected chi connectivity index (χ3v) is 3.32. The van der Waals surface area contributed by atoms with Crippen LogP contribution in [0.2, 0.25) is 0 Å². The zero-order valence-corrected chi connectivity index (χ0v) is 11.9. The molecule has 2 amide bonds. The van der Waals surface area contributed by atoms with E-state index in [2.05, 4.69) is 10.3 Å². The van der Waals surface area contributed by atoms with E-state index >= 15 is 0 Å². The molecule has 0 aliphatic heterocycles. The molecule has 0 aliphatic rings. The first-order valence-corrected chi connectivity index (χ1v) is 6.83. The molecule has 0 bridgehead atoms. The summed E-state index contributed by atoms with van der Waals surface area (Å²) >= 11 is 1.41. The number of nitrogens with zero attached hydrogens (tertiary/aromatic N) is 2. The number of carboxylic acid groups (broad SMARTS) is 1. The van der Waals surface area contributed by atoms with Gasteiger partial charge in [0.25, 0.3) is 0 Å². The van der Waals surface area contributed by atoms with Crippen LogP contribution in [-0.2, 0) is 6.54 Å². The number of halogens is 1. The van der Waals surface area contributed by atoms with Gasteiger partial charge in [-0.15, -0.1) is 11.3 Å². The second-order valence-electron chi connectivity index (χ2n) is 4.26. The van der Waals surface area contributed by atoms with Crippen LogP contribution in [0.3, 0.4) is 0 Å². The fourth-order valence-electron chi connectivity index (χ4n) is 1.65. The Kier molecular flexibility index (Phi) is 4.49. The lowest BCUT2D eigenvalue weighted by atomic mass is 10.2. The Morgan fingerprint density at radius 3 is 2.86 bits per heavy atom. The van der Waals surface area contributed by atoms with Crippen molar-refractivity contribution in [2.24, 2.45) is 0 Å². The number of benzene rings is 1. The molecule has 0 aliphatic carbocycles. The number of anilines is 1. The van der Waals surface area contributed by atoms with Crippen LogP contribution in [0.1, 0.15) is 16.1 Å². The predicted octanol–water partition coefficient (Wildman–Crippen LogP) is 2.64. The molecule has 0 spiro atoms. The number of hydrogen-bond acceptors (Lipinski definition) is 4. The molecule has 0 saturated heterocycles. The number of aromatic carboxylic acids is 1. The van der Waals surface area contributed by atoms with Crippen LogP contribution < -0.4 is 5.32 Å². The second-order valence-corrected chi connectivity index (χ2v) is 4.98. The minimum Gasteiger partial charge on any atom is -0.478 e. The van der Waals surface area contributed by atoms with Crippen molar-refractivity contribution in [2.45, 2.75) is 6.54 Å². The van der Waals surface area contributed by atoms with E-state index in [0.29, 0.717) is 0 Å². The summed E-state index contributed by atoms with van der Waals surface area (Å²) in [4.78, 5) is 28.4. The van der Waals surface area contributed by atoms with E-state index in [4.69, 9.17) is 5.11 Å². The summed E-state index contributed by atoms with van der Waals surface area (Å²) in [5.74, 6) is -1.87. The molecular formula is C13H12FN3O3S. The molecule has 0 unspecified atom stereocenters. The summed E-state index contributed by atoms with van der Waals surface area (Å²) in [6, 6.07) is 2.56. The molecule has 2 rings (SSSR count). The smallest absolute Gasteiger partial charge is 0.337 e. The number of thiazole rings is 1. The Morgan fingerprint density at radius 2 is 2.24 bits per heavy atom. The largest absolute Gasteiger partial charge is 0.478 e. The minimum atomic E-state index is -1.24. The van der Waals surface area contributed by atoms with Gasteiger partial charge in [0.15, 0.2) is 0 Å². The third-order valence-electron chi connectivity index (χ3n) is 2.68. The number of carbonyl (C=O) groups excluding carboxylic acids is 1. The highest BCUT2D eigenvalue weighted by Gasteiger charge is 2.16. The summed E-state index contributed by atoms with van der Waals surface area (Å²) in [6.45, 7) is 0.271. The van der Waals surface area contributed by atoms with E-state index in [1.807, 2.05) is 0 Å². The monoisotopic (exact) mass is 309 g/mol. The van der Waals surface area contributed by atoms with E-state index in [1.54, 1.807) is 10.9 Å². The molecule has 0 fully saturated rings. The molecule has 1 heterocycles. The molecule has 2 aromatic rings. The molecule has 110 valence electrons. The molecule has 1 aromatic heterocycles. The molecule has 8 heteroatoms. The Balaban J connectivity index is 2.11. The van der Waals surface area contributed by atoms with Crippen LogP contribution >= 0.6 is 11.3 Å². The number of nitrogens with one attached hydrogen (secondary N) is 1. The highest BCUT2D eigenvalue weighted by atomic mass is 32.1.